The van der Waals surface area contributed by atoms with E-state index in [0.717, 1.165) is 27.3 Å². The van der Waals surface area contributed by atoms with Gasteiger partial charge in [0.1, 0.15) is 5.54 Å². The second kappa shape index (κ2) is 8.20. The minimum Gasteiger partial charge on any atom is -0.350 e. The predicted octanol–water partition coefficient (Wildman–Crippen LogP) is 1.99. The van der Waals surface area contributed by atoms with Crippen LogP contribution in [-0.4, -0.2) is 49.4 Å². The molecule has 1 aliphatic rings. The Balaban J connectivity index is 2.00. The summed E-state index contributed by atoms with van der Waals surface area (Å²) >= 11 is 0. The second-order valence-electron chi connectivity index (χ2n) is 8.05. The molecule has 160 valence electrons. The maximum Gasteiger partial charge on any atom is 0.247 e. The lowest BCUT2D eigenvalue weighted by Crippen LogP contribution is -2.70. The smallest absolute Gasteiger partial charge is 0.247 e. The molecule has 8 heteroatoms. The zero-order valence-corrected chi connectivity index (χ0v) is 18.5. The minimum atomic E-state index is -3.65. The summed E-state index contributed by atoms with van der Waals surface area (Å²) in [4.78, 5) is 27.9. The first-order chi connectivity index (χ1) is 14.0. The summed E-state index contributed by atoms with van der Waals surface area (Å²) < 4.78 is 25.5. The Morgan fingerprint density at radius 1 is 1.10 bits per heavy atom. The first-order valence-electron chi connectivity index (χ1n) is 9.69. The average molecular weight is 430 g/mol. The second-order valence-corrected chi connectivity index (χ2v) is 10.0. The fourth-order valence-corrected chi connectivity index (χ4v) is 4.68. The van der Waals surface area contributed by atoms with E-state index < -0.39 is 27.4 Å². The molecule has 1 heterocycles. The number of anilines is 1. The number of hydrogen-bond acceptors (Lipinski definition) is 4. The van der Waals surface area contributed by atoms with Gasteiger partial charge < -0.3 is 5.32 Å². The van der Waals surface area contributed by atoms with Crippen LogP contribution in [-0.2, 0) is 26.2 Å². The van der Waals surface area contributed by atoms with E-state index in [2.05, 4.69) is 5.32 Å². The van der Waals surface area contributed by atoms with Crippen molar-refractivity contribution in [3.63, 3.8) is 0 Å². The Labute approximate surface area is 177 Å². The minimum absolute atomic E-state index is 0.120. The summed E-state index contributed by atoms with van der Waals surface area (Å²) in [5.41, 5.74) is 2.01. The lowest BCUT2D eigenvalue weighted by molar-refractivity contribution is -0.133. The van der Waals surface area contributed by atoms with E-state index in [9.17, 15) is 18.0 Å². The third-order valence-corrected chi connectivity index (χ3v) is 6.45. The largest absolute Gasteiger partial charge is 0.350 e. The molecule has 0 saturated carbocycles. The van der Waals surface area contributed by atoms with Crippen molar-refractivity contribution in [1.29, 1.82) is 0 Å². The van der Waals surface area contributed by atoms with Gasteiger partial charge in [-0.3, -0.25) is 14.5 Å². The average Bonchev–Trinajstić information content (AvgIpc) is 2.65. The summed E-state index contributed by atoms with van der Waals surface area (Å²) in [5, 5.41) is 2.88. The van der Waals surface area contributed by atoms with E-state index in [-0.39, 0.29) is 19.6 Å². The highest BCUT2D eigenvalue weighted by molar-refractivity contribution is 7.88. The molecule has 1 fully saturated rings. The van der Waals surface area contributed by atoms with Crippen molar-refractivity contribution in [1.82, 2.24) is 9.62 Å². The molecule has 1 atom stereocenters. The van der Waals surface area contributed by atoms with E-state index >= 15 is 0 Å². The molecule has 0 radical (unpaired) electrons. The number of rotatable bonds is 5. The molecule has 2 amide bonds. The maximum atomic E-state index is 13.3. The molecule has 1 N–H and O–H groups in total. The highest BCUT2D eigenvalue weighted by Crippen LogP contribution is 2.32. The van der Waals surface area contributed by atoms with Gasteiger partial charge in [0, 0.05) is 18.8 Å². The quantitative estimate of drug-likeness (QED) is 0.788. The van der Waals surface area contributed by atoms with E-state index in [4.69, 9.17) is 0 Å². The molecule has 2 aromatic carbocycles. The Morgan fingerprint density at radius 2 is 1.70 bits per heavy atom. The van der Waals surface area contributed by atoms with Crippen molar-refractivity contribution in [3.05, 3.63) is 65.2 Å². The van der Waals surface area contributed by atoms with E-state index in [1.54, 1.807) is 6.92 Å². The third kappa shape index (κ3) is 4.55. The van der Waals surface area contributed by atoms with Crippen LogP contribution in [0.2, 0.25) is 0 Å². The number of carbonyl (C=O) groups is 2. The van der Waals surface area contributed by atoms with Crippen LogP contribution in [0.5, 0.6) is 0 Å². The fraction of sp³-hybridized carbons (Fsp3) is 0.364. The Bertz CT molecular complexity index is 1050. The number of nitrogens with one attached hydrogen (secondary N) is 1. The topological polar surface area (TPSA) is 86.8 Å². The molecule has 0 aromatic heterocycles. The molecule has 0 unspecified atom stereocenters. The number of carbonyl (C=O) groups excluding carboxylic acids is 2. The van der Waals surface area contributed by atoms with Crippen molar-refractivity contribution in [2.75, 3.05) is 24.2 Å². The van der Waals surface area contributed by atoms with Crippen LogP contribution in [0, 0.1) is 13.8 Å². The van der Waals surface area contributed by atoms with Crippen molar-refractivity contribution < 1.29 is 18.0 Å². The van der Waals surface area contributed by atoms with Crippen LogP contribution in [0.4, 0.5) is 5.69 Å². The van der Waals surface area contributed by atoms with Crippen LogP contribution in [0.15, 0.2) is 48.5 Å². The third-order valence-electron chi connectivity index (χ3n) is 5.26. The van der Waals surface area contributed by atoms with Crippen LogP contribution < -0.4 is 10.2 Å². The van der Waals surface area contributed by atoms with Gasteiger partial charge in [-0.25, -0.2) is 8.42 Å². The lowest BCUT2D eigenvalue weighted by Gasteiger charge is -2.46. The molecule has 1 saturated heterocycles. The van der Waals surface area contributed by atoms with Gasteiger partial charge in [0.15, 0.2) is 0 Å². The number of sulfonamides is 1. The Morgan fingerprint density at radius 3 is 2.27 bits per heavy atom. The molecule has 0 spiro atoms. The summed E-state index contributed by atoms with van der Waals surface area (Å²) in [7, 11) is -3.65. The molecule has 3 rings (SSSR count). The van der Waals surface area contributed by atoms with Crippen molar-refractivity contribution in [2.45, 2.75) is 32.9 Å². The van der Waals surface area contributed by atoms with Crippen molar-refractivity contribution in [3.8, 4) is 0 Å². The number of aryl methyl sites for hydroxylation is 2. The maximum absolute atomic E-state index is 13.3. The first-order valence-corrected chi connectivity index (χ1v) is 11.5. The summed E-state index contributed by atoms with van der Waals surface area (Å²) in [5.74, 6) is -0.846. The van der Waals surface area contributed by atoms with E-state index in [1.807, 2.05) is 62.4 Å². The molecule has 1 aliphatic heterocycles. The summed E-state index contributed by atoms with van der Waals surface area (Å²) in [6, 6.07) is 15.1. The van der Waals surface area contributed by atoms with Crippen LogP contribution in [0.25, 0.3) is 0 Å². The summed E-state index contributed by atoms with van der Waals surface area (Å²) in [6.07, 6.45) is 1.05. The SMILES string of the molecule is Cc1cc(C)cc(N2C(=O)CN(S(C)(=O)=O)C[C@]2(C)C(=O)NCc2ccccc2)c1. The highest BCUT2D eigenvalue weighted by Gasteiger charge is 2.50. The lowest BCUT2D eigenvalue weighted by atomic mass is 9.93. The van der Waals surface area contributed by atoms with Crippen molar-refractivity contribution in [2.24, 2.45) is 0 Å². The zero-order valence-electron chi connectivity index (χ0n) is 17.7. The molecular weight excluding hydrogens is 402 g/mol. The zero-order chi connectivity index (χ0) is 22.1. The fourth-order valence-electron chi connectivity index (χ4n) is 3.85. The van der Waals surface area contributed by atoms with Crippen LogP contribution in [0.1, 0.15) is 23.6 Å². The number of piperazine rings is 1. The van der Waals surface area contributed by atoms with Crippen molar-refractivity contribution >= 4 is 27.5 Å². The molecule has 0 aliphatic carbocycles. The van der Waals surface area contributed by atoms with Gasteiger partial charge in [0.05, 0.1) is 12.8 Å². The molecule has 30 heavy (non-hydrogen) atoms. The van der Waals surface area contributed by atoms with E-state index in [0.29, 0.717) is 5.69 Å². The molecule has 2 aromatic rings. The normalized spacial score (nSPS) is 20.3. The number of amides is 2. The number of hydrogen-bond donors (Lipinski definition) is 1. The van der Waals surface area contributed by atoms with Gasteiger partial charge in [-0.15, -0.1) is 0 Å². The predicted molar refractivity (Wildman–Crippen MR) is 117 cm³/mol. The molecule has 0 bridgehead atoms. The first kappa shape index (κ1) is 22.0. The van der Waals surface area contributed by atoms with Gasteiger partial charge in [-0.05, 0) is 49.6 Å². The Kier molecular flexibility index (Phi) is 6.01. The van der Waals surface area contributed by atoms with E-state index in [1.165, 1.54) is 4.90 Å². The monoisotopic (exact) mass is 429 g/mol. The molecule has 7 nitrogen and oxygen atoms in total. The number of nitrogens with zero attached hydrogens (tertiary/aromatic N) is 2. The molecular formula is C22H27N3O4S. The van der Waals surface area contributed by atoms with Crippen LogP contribution in [0.3, 0.4) is 0 Å². The standard InChI is InChI=1S/C22H27N3O4S/c1-16-10-17(2)12-19(11-16)25-20(26)14-24(30(4,28)29)15-22(25,3)21(27)23-13-18-8-6-5-7-9-18/h5-12H,13-15H2,1-4H3,(H,23,27)/t22-/m1/s1. The van der Waals surface area contributed by atoms with Gasteiger partial charge in [0.25, 0.3) is 0 Å². The summed E-state index contributed by atoms with van der Waals surface area (Å²) in [6.45, 7) is 5.31. The van der Waals surface area contributed by atoms with Gasteiger partial charge in [-0.1, -0.05) is 36.4 Å². The van der Waals surface area contributed by atoms with Gasteiger partial charge in [-0.2, -0.15) is 4.31 Å². The van der Waals surface area contributed by atoms with Crippen LogP contribution >= 0.6 is 0 Å². The number of benzene rings is 2. The Hall–Kier alpha value is -2.71. The van der Waals surface area contributed by atoms with Gasteiger partial charge >= 0.3 is 0 Å². The highest BCUT2D eigenvalue weighted by atomic mass is 32.2. The van der Waals surface area contributed by atoms with Gasteiger partial charge in [0.2, 0.25) is 21.8 Å².